The topological polar surface area (TPSA) is 32.3 Å². The molecular weight excluding hydrogens is 282 g/mol. The fraction of sp³-hybridized carbons (Fsp3) is 0.429. The van der Waals surface area contributed by atoms with E-state index in [-0.39, 0.29) is 6.10 Å². The lowest BCUT2D eigenvalue weighted by Gasteiger charge is -2.10. The number of hydrogen-bond acceptors (Lipinski definition) is 2. The van der Waals surface area contributed by atoms with Gasteiger partial charge in [0.2, 0.25) is 0 Å². The summed E-state index contributed by atoms with van der Waals surface area (Å²) in [5.41, 5.74) is 3.55. The highest BCUT2D eigenvalue weighted by Gasteiger charge is 2.04. The Labute approximate surface area is 140 Å². The molecular formula is C21H29NO. The van der Waals surface area contributed by atoms with Crippen LogP contribution in [0.1, 0.15) is 51.0 Å². The third kappa shape index (κ3) is 6.87. The minimum atomic E-state index is -0.124. The van der Waals surface area contributed by atoms with E-state index in [4.69, 9.17) is 0 Å². The van der Waals surface area contributed by atoms with Gasteiger partial charge in [-0.1, -0.05) is 56.5 Å². The fourth-order valence-electron chi connectivity index (χ4n) is 2.76. The molecule has 2 aromatic rings. The second kappa shape index (κ2) is 10.1. The van der Waals surface area contributed by atoms with Crippen molar-refractivity contribution >= 4 is 11.4 Å². The molecule has 0 spiro atoms. The quantitative estimate of drug-likeness (QED) is 0.552. The summed E-state index contributed by atoms with van der Waals surface area (Å²) in [5, 5.41) is 13.3. The minimum absolute atomic E-state index is 0.124. The summed E-state index contributed by atoms with van der Waals surface area (Å²) in [4.78, 5) is 0. The van der Waals surface area contributed by atoms with Crippen LogP contribution in [0.3, 0.4) is 0 Å². The zero-order valence-corrected chi connectivity index (χ0v) is 14.2. The lowest BCUT2D eigenvalue weighted by Crippen LogP contribution is -2.06. The summed E-state index contributed by atoms with van der Waals surface area (Å²) in [6.45, 7) is 2.20. The molecule has 2 N–H and O–H groups in total. The first kappa shape index (κ1) is 17.6. The van der Waals surface area contributed by atoms with Crippen molar-refractivity contribution in [1.29, 1.82) is 0 Å². The third-order valence-corrected chi connectivity index (χ3v) is 4.16. The Morgan fingerprint density at radius 1 is 0.826 bits per heavy atom. The molecule has 0 aliphatic carbocycles. The van der Waals surface area contributed by atoms with Gasteiger partial charge in [0.1, 0.15) is 0 Å². The van der Waals surface area contributed by atoms with Crippen LogP contribution >= 0.6 is 0 Å². The Morgan fingerprint density at radius 2 is 1.48 bits per heavy atom. The fourth-order valence-corrected chi connectivity index (χ4v) is 2.76. The van der Waals surface area contributed by atoms with Crippen LogP contribution in [-0.4, -0.2) is 11.2 Å². The lowest BCUT2D eigenvalue weighted by atomic mass is 10.0. The van der Waals surface area contributed by atoms with Gasteiger partial charge < -0.3 is 10.4 Å². The van der Waals surface area contributed by atoms with Crippen molar-refractivity contribution in [3.63, 3.8) is 0 Å². The molecule has 0 radical (unpaired) electrons. The predicted octanol–water partition coefficient (Wildman–Crippen LogP) is 5.69. The Hall–Kier alpha value is -1.80. The van der Waals surface area contributed by atoms with Gasteiger partial charge in [0.25, 0.3) is 0 Å². The molecule has 2 heteroatoms. The van der Waals surface area contributed by atoms with Gasteiger partial charge in [-0.25, -0.2) is 0 Å². The molecule has 0 aliphatic rings. The van der Waals surface area contributed by atoms with Crippen molar-refractivity contribution < 1.29 is 5.11 Å². The van der Waals surface area contributed by atoms with Crippen LogP contribution in [0, 0.1) is 0 Å². The molecule has 0 amide bonds. The number of aliphatic hydroxyl groups excluding tert-OH is 1. The van der Waals surface area contributed by atoms with E-state index in [2.05, 4.69) is 48.6 Å². The van der Waals surface area contributed by atoms with E-state index in [1.54, 1.807) is 0 Å². The smallest absolute Gasteiger partial charge is 0.0540 e. The molecule has 0 saturated heterocycles. The van der Waals surface area contributed by atoms with E-state index in [0.717, 1.165) is 43.5 Å². The van der Waals surface area contributed by atoms with Crippen LogP contribution in [0.25, 0.3) is 0 Å². The minimum Gasteiger partial charge on any atom is -0.393 e. The van der Waals surface area contributed by atoms with Crippen molar-refractivity contribution in [1.82, 2.24) is 0 Å². The van der Waals surface area contributed by atoms with Crippen LogP contribution in [0.4, 0.5) is 11.4 Å². The van der Waals surface area contributed by atoms with Gasteiger partial charge in [0.15, 0.2) is 0 Å². The van der Waals surface area contributed by atoms with Crippen LogP contribution in [0.15, 0.2) is 54.6 Å². The summed E-state index contributed by atoms with van der Waals surface area (Å²) in [6.07, 6.45) is 7.43. The van der Waals surface area contributed by atoms with Gasteiger partial charge in [-0.3, -0.25) is 0 Å². The summed E-state index contributed by atoms with van der Waals surface area (Å²) in [7, 11) is 0. The van der Waals surface area contributed by atoms with Crippen molar-refractivity contribution in [2.75, 3.05) is 5.32 Å². The number of rotatable bonds is 10. The van der Waals surface area contributed by atoms with E-state index >= 15 is 0 Å². The number of aliphatic hydroxyl groups is 1. The van der Waals surface area contributed by atoms with Gasteiger partial charge >= 0.3 is 0 Å². The summed E-state index contributed by atoms with van der Waals surface area (Å²) >= 11 is 0. The average molecular weight is 311 g/mol. The van der Waals surface area contributed by atoms with E-state index < -0.39 is 0 Å². The largest absolute Gasteiger partial charge is 0.393 e. The third-order valence-electron chi connectivity index (χ3n) is 4.16. The number of anilines is 2. The molecule has 2 aromatic carbocycles. The first-order chi connectivity index (χ1) is 11.3. The van der Waals surface area contributed by atoms with Crippen LogP contribution < -0.4 is 5.32 Å². The number of nitrogens with one attached hydrogen (secondary N) is 1. The Morgan fingerprint density at radius 3 is 2.17 bits per heavy atom. The zero-order chi connectivity index (χ0) is 16.3. The molecule has 2 rings (SSSR count). The summed E-state index contributed by atoms with van der Waals surface area (Å²) in [6, 6.07) is 18.8. The number of hydrogen-bond donors (Lipinski definition) is 2. The van der Waals surface area contributed by atoms with E-state index in [1.807, 2.05) is 18.2 Å². The molecule has 0 saturated carbocycles. The molecule has 0 heterocycles. The molecule has 2 nitrogen and oxygen atoms in total. The van der Waals surface area contributed by atoms with Crippen LogP contribution in [0.2, 0.25) is 0 Å². The average Bonchev–Trinajstić information content (AvgIpc) is 2.58. The van der Waals surface area contributed by atoms with Crippen molar-refractivity contribution in [2.45, 2.75) is 58.0 Å². The van der Waals surface area contributed by atoms with Crippen LogP contribution in [-0.2, 0) is 6.42 Å². The van der Waals surface area contributed by atoms with Gasteiger partial charge in [-0.15, -0.1) is 0 Å². The van der Waals surface area contributed by atoms with Gasteiger partial charge in [0.05, 0.1) is 6.10 Å². The molecule has 0 aliphatic heterocycles. The number of unbranched alkanes of at least 4 members (excludes halogenated alkanes) is 2. The zero-order valence-electron chi connectivity index (χ0n) is 14.2. The predicted molar refractivity (Wildman–Crippen MR) is 99.3 cm³/mol. The molecule has 124 valence electrons. The van der Waals surface area contributed by atoms with Crippen molar-refractivity contribution in [3.8, 4) is 0 Å². The molecule has 1 unspecified atom stereocenters. The number of para-hydroxylation sites is 1. The first-order valence-corrected chi connectivity index (χ1v) is 8.87. The van der Waals surface area contributed by atoms with Gasteiger partial charge in [-0.05, 0) is 55.5 Å². The van der Waals surface area contributed by atoms with Crippen molar-refractivity contribution in [3.05, 3.63) is 60.2 Å². The highest BCUT2D eigenvalue weighted by atomic mass is 16.3. The summed E-state index contributed by atoms with van der Waals surface area (Å²) in [5.74, 6) is 0. The Kier molecular flexibility index (Phi) is 7.68. The molecule has 0 bridgehead atoms. The van der Waals surface area contributed by atoms with E-state index in [9.17, 15) is 5.11 Å². The molecule has 0 fully saturated rings. The highest BCUT2D eigenvalue weighted by Crippen LogP contribution is 2.18. The molecule has 23 heavy (non-hydrogen) atoms. The SMILES string of the molecule is CCCCCC(O)CCCc1ccc(Nc2ccccc2)cc1. The van der Waals surface area contributed by atoms with Gasteiger partial charge in [0, 0.05) is 11.4 Å². The maximum Gasteiger partial charge on any atom is 0.0540 e. The number of benzene rings is 2. The van der Waals surface area contributed by atoms with E-state index in [0.29, 0.717) is 0 Å². The molecule has 0 aromatic heterocycles. The maximum atomic E-state index is 9.95. The molecule has 1 atom stereocenters. The second-order valence-electron chi connectivity index (χ2n) is 6.23. The van der Waals surface area contributed by atoms with Crippen molar-refractivity contribution in [2.24, 2.45) is 0 Å². The standard InChI is InChI=1S/C21H29NO/c1-2-3-5-12-21(23)13-8-9-18-14-16-20(17-15-18)22-19-10-6-4-7-11-19/h4,6-7,10-11,14-17,21-23H,2-3,5,8-9,12-13H2,1H3. The monoisotopic (exact) mass is 311 g/mol. The summed E-state index contributed by atoms with van der Waals surface area (Å²) < 4.78 is 0. The normalized spacial score (nSPS) is 12.1. The number of aryl methyl sites for hydroxylation is 1. The Balaban J connectivity index is 1.70. The highest BCUT2D eigenvalue weighted by molar-refractivity contribution is 5.59. The Bertz CT molecular complexity index is 536. The lowest BCUT2D eigenvalue weighted by molar-refractivity contribution is 0.148. The maximum absolute atomic E-state index is 9.95. The van der Waals surface area contributed by atoms with E-state index in [1.165, 1.54) is 18.4 Å². The first-order valence-electron chi connectivity index (χ1n) is 8.87. The van der Waals surface area contributed by atoms with Gasteiger partial charge in [-0.2, -0.15) is 0 Å². The second-order valence-corrected chi connectivity index (χ2v) is 6.23. The van der Waals surface area contributed by atoms with Crippen LogP contribution in [0.5, 0.6) is 0 Å².